The van der Waals surface area contributed by atoms with Crippen LogP contribution in [0, 0.1) is 0 Å². The third kappa shape index (κ3) is 4.79. The van der Waals surface area contributed by atoms with Gasteiger partial charge >= 0.3 is 0 Å². The molecule has 1 atom stereocenters. The Morgan fingerprint density at radius 3 is 3.10 bits per heavy atom. The van der Waals surface area contributed by atoms with E-state index in [9.17, 15) is 4.79 Å². The topological polar surface area (TPSA) is 69.7 Å². The van der Waals surface area contributed by atoms with Crippen molar-refractivity contribution in [3.63, 3.8) is 0 Å². The Bertz CT molecular complexity index is 416. The number of amides is 1. The van der Waals surface area contributed by atoms with Gasteiger partial charge in [-0.25, -0.2) is 4.98 Å². The lowest BCUT2D eigenvalue weighted by molar-refractivity contribution is -0.117. The van der Waals surface area contributed by atoms with Gasteiger partial charge in [-0.2, -0.15) is 0 Å². The molecule has 110 valence electrons. The van der Waals surface area contributed by atoms with E-state index in [4.69, 9.17) is 14.2 Å². The molecule has 1 N–H and O–H groups in total. The normalized spacial score (nSPS) is 17.9. The van der Waals surface area contributed by atoms with Crippen LogP contribution in [0.3, 0.4) is 0 Å². The highest BCUT2D eigenvalue weighted by Gasteiger charge is 2.15. The van der Waals surface area contributed by atoms with Gasteiger partial charge in [0.15, 0.2) is 0 Å². The Morgan fingerprint density at radius 2 is 2.45 bits per heavy atom. The summed E-state index contributed by atoms with van der Waals surface area (Å²) in [5.41, 5.74) is 0.648. The van der Waals surface area contributed by atoms with E-state index in [1.807, 2.05) is 0 Å². The SMILES string of the molecule is COc1ccc(NC(=O)CCOC[C@@H]2CCCO2)cn1. The van der Waals surface area contributed by atoms with Gasteiger partial charge in [-0.05, 0) is 18.9 Å². The monoisotopic (exact) mass is 280 g/mol. The van der Waals surface area contributed by atoms with Crippen LogP contribution in [-0.4, -0.2) is 43.9 Å². The van der Waals surface area contributed by atoms with E-state index >= 15 is 0 Å². The minimum absolute atomic E-state index is 0.0932. The van der Waals surface area contributed by atoms with Crippen LogP contribution >= 0.6 is 0 Å². The van der Waals surface area contributed by atoms with Crippen molar-refractivity contribution in [3.05, 3.63) is 18.3 Å². The summed E-state index contributed by atoms with van der Waals surface area (Å²) in [4.78, 5) is 15.7. The highest BCUT2D eigenvalue weighted by Crippen LogP contribution is 2.13. The molecule has 2 rings (SSSR count). The zero-order chi connectivity index (χ0) is 14.2. The minimum Gasteiger partial charge on any atom is -0.481 e. The molecule has 0 aliphatic carbocycles. The zero-order valence-electron chi connectivity index (χ0n) is 11.6. The smallest absolute Gasteiger partial charge is 0.226 e. The Hall–Kier alpha value is -1.66. The van der Waals surface area contributed by atoms with Crippen LogP contribution in [0.5, 0.6) is 5.88 Å². The fraction of sp³-hybridized carbons (Fsp3) is 0.571. The van der Waals surface area contributed by atoms with Gasteiger partial charge in [0.2, 0.25) is 11.8 Å². The quantitative estimate of drug-likeness (QED) is 0.768. The number of ether oxygens (including phenoxy) is 3. The summed E-state index contributed by atoms with van der Waals surface area (Å²) in [5.74, 6) is 0.423. The van der Waals surface area contributed by atoms with Crippen molar-refractivity contribution in [2.24, 2.45) is 0 Å². The summed E-state index contributed by atoms with van der Waals surface area (Å²) in [7, 11) is 1.55. The predicted octanol–water partition coefficient (Wildman–Crippen LogP) is 1.61. The van der Waals surface area contributed by atoms with Crippen molar-refractivity contribution in [1.82, 2.24) is 4.98 Å². The molecule has 0 bridgehead atoms. The molecule has 1 aromatic heterocycles. The number of carbonyl (C=O) groups is 1. The molecule has 1 aliphatic heterocycles. The second kappa shape index (κ2) is 7.81. The molecule has 1 amide bonds. The standard InChI is InChI=1S/C14H20N2O4/c1-18-14-5-4-11(9-15-14)16-13(17)6-8-19-10-12-3-2-7-20-12/h4-5,9,12H,2-3,6-8,10H2,1H3,(H,16,17)/t12-/m0/s1. The van der Waals surface area contributed by atoms with E-state index in [-0.39, 0.29) is 12.0 Å². The van der Waals surface area contributed by atoms with Crippen LogP contribution in [0.4, 0.5) is 5.69 Å². The van der Waals surface area contributed by atoms with Crippen molar-refractivity contribution in [2.45, 2.75) is 25.4 Å². The summed E-state index contributed by atoms with van der Waals surface area (Å²) < 4.78 is 15.8. The number of nitrogens with zero attached hydrogens (tertiary/aromatic N) is 1. The largest absolute Gasteiger partial charge is 0.481 e. The Kier molecular flexibility index (Phi) is 5.76. The molecule has 20 heavy (non-hydrogen) atoms. The first-order chi connectivity index (χ1) is 9.78. The second-order valence-electron chi connectivity index (χ2n) is 4.60. The van der Waals surface area contributed by atoms with Crippen LogP contribution in [0.2, 0.25) is 0 Å². The fourth-order valence-corrected chi connectivity index (χ4v) is 1.95. The van der Waals surface area contributed by atoms with Crippen molar-refractivity contribution in [1.29, 1.82) is 0 Å². The molecule has 1 aromatic rings. The van der Waals surface area contributed by atoms with Crippen molar-refractivity contribution < 1.29 is 19.0 Å². The first-order valence-corrected chi connectivity index (χ1v) is 6.77. The predicted molar refractivity (Wildman–Crippen MR) is 73.8 cm³/mol. The molecule has 6 nitrogen and oxygen atoms in total. The van der Waals surface area contributed by atoms with Crippen LogP contribution in [0.1, 0.15) is 19.3 Å². The summed E-state index contributed by atoms with van der Waals surface area (Å²) in [6, 6.07) is 3.44. The summed E-state index contributed by atoms with van der Waals surface area (Å²) in [6.45, 7) is 1.78. The molecule has 0 spiro atoms. The third-order valence-corrected chi connectivity index (χ3v) is 3.03. The number of anilines is 1. The van der Waals surface area contributed by atoms with Crippen molar-refractivity contribution in [2.75, 3.05) is 32.2 Å². The van der Waals surface area contributed by atoms with Gasteiger partial charge in [0.1, 0.15) is 0 Å². The average molecular weight is 280 g/mol. The molecule has 2 heterocycles. The van der Waals surface area contributed by atoms with E-state index in [0.717, 1.165) is 19.4 Å². The van der Waals surface area contributed by atoms with Crippen molar-refractivity contribution >= 4 is 11.6 Å². The molecule has 6 heteroatoms. The number of hydrogen-bond donors (Lipinski definition) is 1. The average Bonchev–Trinajstić information content (AvgIpc) is 2.98. The van der Waals surface area contributed by atoms with Crippen LogP contribution in [-0.2, 0) is 14.3 Å². The molecular formula is C14H20N2O4. The lowest BCUT2D eigenvalue weighted by atomic mass is 10.2. The Morgan fingerprint density at radius 1 is 1.55 bits per heavy atom. The van der Waals surface area contributed by atoms with Crippen LogP contribution < -0.4 is 10.1 Å². The lowest BCUT2D eigenvalue weighted by Crippen LogP contribution is -2.18. The first-order valence-electron chi connectivity index (χ1n) is 6.77. The van der Waals surface area contributed by atoms with Gasteiger partial charge < -0.3 is 19.5 Å². The zero-order valence-corrected chi connectivity index (χ0v) is 11.6. The molecule has 0 unspecified atom stereocenters. The first kappa shape index (κ1) is 14.7. The van der Waals surface area contributed by atoms with Crippen LogP contribution in [0.15, 0.2) is 18.3 Å². The number of methoxy groups -OCH3 is 1. The van der Waals surface area contributed by atoms with E-state index in [1.54, 1.807) is 25.4 Å². The second-order valence-corrected chi connectivity index (χ2v) is 4.60. The lowest BCUT2D eigenvalue weighted by Gasteiger charge is -2.10. The molecule has 0 aromatic carbocycles. The van der Waals surface area contributed by atoms with Gasteiger partial charge in [0.25, 0.3) is 0 Å². The van der Waals surface area contributed by atoms with E-state index in [2.05, 4.69) is 10.3 Å². The highest BCUT2D eigenvalue weighted by atomic mass is 16.5. The summed E-state index contributed by atoms with van der Waals surface area (Å²) >= 11 is 0. The number of pyridine rings is 1. The Labute approximate surface area is 118 Å². The highest BCUT2D eigenvalue weighted by molar-refractivity contribution is 5.90. The minimum atomic E-state index is -0.0932. The molecule has 1 aliphatic rings. The maximum atomic E-state index is 11.7. The molecule has 1 saturated heterocycles. The van der Waals surface area contributed by atoms with E-state index in [1.165, 1.54) is 0 Å². The maximum absolute atomic E-state index is 11.7. The number of carbonyl (C=O) groups excluding carboxylic acids is 1. The molecule has 0 saturated carbocycles. The van der Waals surface area contributed by atoms with Gasteiger partial charge in [0.05, 0.1) is 44.7 Å². The van der Waals surface area contributed by atoms with E-state index in [0.29, 0.717) is 31.2 Å². The number of hydrogen-bond acceptors (Lipinski definition) is 5. The van der Waals surface area contributed by atoms with E-state index < -0.39 is 0 Å². The number of nitrogens with one attached hydrogen (secondary N) is 1. The number of rotatable bonds is 7. The maximum Gasteiger partial charge on any atom is 0.226 e. The summed E-state index contributed by atoms with van der Waals surface area (Å²) in [6.07, 6.45) is 4.22. The van der Waals surface area contributed by atoms with Gasteiger partial charge in [-0.1, -0.05) is 0 Å². The van der Waals surface area contributed by atoms with Gasteiger partial charge in [-0.15, -0.1) is 0 Å². The fourth-order valence-electron chi connectivity index (χ4n) is 1.95. The Balaban J connectivity index is 1.61. The summed E-state index contributed by atoms with van der Waals surface area (Å²) in [5, 5.41) is 2.75. The third-order valence-electron chi connectivity index (χ3n) is 3.03. The molecular weight excluding hydrogens is 260 g/mol. The van der Waals surface area contributed by atoms with Crippen molar-refractivity contribution in [3.8, 4) is 5.88 Å². The molecule has 0 radical (unpaired) electrons. The van der Waals surface area contributed by atoms with Gasteiger partial charge in [-0.3, -0.25) is 4.79 Å². The van der Waals surface area contributed by atoms with Crippen LogP contribution in [0.25, 0.3) is 0 Å². The molecule has 1 fully saturated rings. The number of aromatic nitrogens is 1. The van der Waals surface area contributed by atoms with Gasteiger partial charge in [0, 0.05) is 12.7 Å².